The minimum Gasteiger partial charge on any atom is -0.397 e. The highest BCUT2D eigenvalue weighted by Crippen LogP contribution is 2.22. The van der Waals surface area contributed by atoms with Crippen LogP contribution in [0, 0.1) is 5.92 Å². The van der Waals surface area contributed by atoms with Crippen LogP contribution in [0.1, 0.15) is 20.3 Å². The molecule has 0 saturated carbocycles. The Hall–Kier alpha value is -0.890. The van der Waals surface area contributed by atoms with Gasteiger partial charge in [-0.15, -0.1) is 0 Å². The maximum atomic E-state index is 5.79. The third kappa shape index (κ3) is 3.46. The van der Waals surface area contributed by atoms with Gasteiger partial charge in [0.2, 0.25) is 0 Å². The van der Waals surface area contributed by atoms with Crippen molar-refractivity contribution >= 4 is 23.0 Å². The molecule has 14 heavy (non-hydrogen) atoms. The molecule has 0 saturated heterocycles. The van der Waals surface area contributed by atoms with Crippen LogP contribution < -0.4 is 11.1 Å². The number of nitrogens with two attached hydrogens (primary N) is 1. The molecule has 0 radical (unpaired) electrons. The molecular weight excluding hydrogens is 196 g/mol. The fourth-order valence-corrected chi connectivity index (χ4v) is 1.37. The van der Waals surface area contributed by atoms with E-state index in [0.717, 1.165) is 18.7 Å². The first-order chi connectivity index (χ1) is 6.59. The molecule has 0 aliphatic rings. The summed E-state index contributed by atoms with van der Waals surface area (Å²) in [6.07, 6.45) is 1.14. The van der Waals surface area contributed by atoms with E-state index in [1.165, 1.54) is 0 Å². The van der Waals surface area contributed by atoms with Gasteiger partial charge < -0.3 is 11.1 Å². The molecule has 3 heteroatoms. The number of hydrogen-bond donors (Lipinski definition) is 2. The predicted molar refractivity (Wildman–Crippen MR) is 63.8 cm³/mol. The molecule has 0 amide bonds. The maximum absolute atomic E-state index is 5.79. The van der Waals surface area contributed by atoms with Crippen molar-refractivity contribution in [1.82, 2.24) is 0 Å². The van der Waals surface area contributed by atoms with Gasteiger partial charge in [0, 0.05) is 11.6 Å². The zero-order chi connectivity index (χ0) is 10.6. The van der Waals surface area contributed by atoms with Gasteiger partial charge in [0.05, 0.1) is 11.4 Å². The van der Waals surface area contributed by atoms with Crippen molar-refractivity contribution < 1.29 is 0 Å². The van der Waals surface area contributed by atoms with E-state index in [1.807, 2.05) is 12.1 Å². The summed E-state index contributed by atoms with van der Waals surface area (Å²) in [5.41, 5.74) is 7.47. The first-order valence-electron chi connectivity index (χ1n) is 4.88. The molecule has 2 nitrogen and oxygen atoms in total. The Kier molecular flexibility index (Phi) is 4.08. The van der Waals surface area contributed by atoms with Gasteiger partial charge in [-0.05, 0) is 30.5 Å². The van der Waals surface area contributed by atoms with Gasteiger partial charge in [0.25, 0.3) is 0 Å². The average molecular weight is 213 g/mol. The summed E-state index contributed by atoms with van der Waals surface area (Å²) in [5, 5.41) is 3.97. The topological polar surface area (TPSA) is 38.0 Å². The average Bonchev–Trinajstić information content (AvgIpc) is 2.08. The van der Waals surface area contributed by atoms with Gasteiger partial charge in [0.15, 0.2) is 0 Å². The quantitative estimate of drug-likeness (QED) is 0.751. The summed E-state index contributed by atoms with van der Waals surface area (Å²) in [4.78, 5) is 0. The van der Waals surface area contributed by atoms with E-state index in [1.54, 1.807) is 6.07 Å². The zero-order valence-corrected chi connectivity index (χ0v) is 9.43. The molecule has 0 fully saturated rings. The van der Waals surface area contributed by atoms with Crippen molar-refractivity contribution in [3.63, 3.8) is 0 Å². The SMILES string of the molecule is CC(C)CCNc1ccc(Cl)cc1N. The highest BCUT2D eigenvalue weighted by molar-refractivity contribution is 6.31. The normalized spacial score (nSPS) is 10.6. The van der Waals surface area contributed by atoms with Crippen molar-refractivity contribution in [3.05, 3.63) is 23.2 Å². The summed E-state index contributed by atoms with van der Waals surface area (Å²) in [6, 6.07) is 5.52. The summed E-state index contributed by atoms with van der Waals surface area (Å²) >= 11 is 5.79. The molecule has 0 heterocycles. The van der Waals surface area contributed by atoms with Crippen LogP contribution in [0.25, 0.3) is 0 Å². The van der Waals surface area contributed by atoms with Crippen LogP contribution in [0.2, 0.25) is 5.02 Å². The second-order valence-corrected chi connectivity index (χ2v) is 4.28. The Morgan fingerprint density at radius 1 is 1.43 bits per heavy atom. The van der Waals surface area contributed by atoms with Crippen LogP contribution in [0.3, 0.4) is 0 Å². The van der Waals surface area contributed by atoms with Gasteiger partial charge in [-0.2, -0.15) is 0 Å². The minimum absolute atomic E-state index is 0.678. The summed E-state index contributed by atoms with van der Waals surface area (Å²) in [5.74, 6) is 0.705. The Balaban J connectivity index is 2.51. The molecule has 0 aliphatic heterocycles. The molecule has 0 bridgehead atoms. The number of nitrogen functional groups attached to an aromatic ring is 1. The van der Waals surface area contributed by atoms with Crippen LogP contribution >= 0.6 is 11.6 Å². The molecule has 1 rings (SSSR count). The lowest BCUT2D eigenvalue weighted by Gasteiger charge is -2.10. The number of nitrogens with one attached hydrogen (secondary N) is 1. The number of halogens is 1. The van der Waals surface area contributed by atoms with Crippen molar-refractivity contribution in [2.24, 2.45) is 5.92 Å². The monoisotopic (exact) mass is 212 g/mol. The van der Waals surface area contributed by atoms with Gasteiger partial charge in [-0.25, -0.2) is 0 Å². The van der Waals surface area contributed by atoms with Crippen LogP contribution in [-0.2, 0) is 0 Å². The Labute approximate surface area is 90.4 Å². The van der Waals surface area contributed by atoms with E-state index in [2.05, 4.69) is 19.2 Å². The minimum atomic E-state index is 0.678. The van der Waals surface area contributed by atoms with E-state index < -0.39 is 0 Å². The van der Waals surface area contributed by atoms with Crippen molar-refractivity contribution in [2.45, 2.75) is 20.3 Å². The second-order valence-electron chi connectivity index (χ2n) is 3.84. The highest BCUT2D eigenvalue weighted by atomic mass is 35.5. The Morgan fingerprint density at radius 2 is 2.14 bits per heavy atom. The summed E-state index contributed by atoms with van der Waals surface area (Å²) in [6.45, 7) is 5.35. The molecule has 0 spiro atoms. The third-order valence-electron chi connectivity index (χ3n) is 2.05. The molecule has 1 aromatic rings. The molecule has 1 aromatic carbocycles. The molecule has 78 valence electrons. The number of rotatable bonds is 4. The van der Waals surface area contributed by atoms with E-state index in [9.17, 15) is 0 Å². The predicted octanol–water partition coefficient (Wildman–Crippen LogP) is 3.38. The largest absolute Gasteiger partial charge is 0.397 e. The van der Waals surface area contributed by atoms with Gasteiger partial charge in [-0.1, -0.05) is 25.4 Å². The van der Waals surface area contributed by atoms with Crippen LogP contribution in [-0.4, -0.2) is 6.54 Å². The number of benzene rings is 1. The molecular formula is C11H17ClN2. The molecule has 0 aliphatic carbocycles. The van der Waals surface area contributed by atoms with E-state index in [4.69, 9.17) is 17.3 Å². The van der Waals surface area contributed by atoms with Crippen LogP contribution in [0.15, 0.2) is 18.2 Å². The first kappa shape index (κ1) is 11.2. The van der Waals surface area contributed by atoms with Crippen molar-refractivity contribution in [2.75, 3.05) is 17.6 Å². The lowest BCUT2D eigenvalue weighted by Crippen LogP contribution is -2.06. The molecule has 0 unspecified atom stereocenters. The molecule has 0 aromatic heterocycles. The third-order valence-corrected chi connectivity index (χ3v) is 2.29. The molecule has 0 atom stereocenters. The summed E-state index contributed by atoms with van der Waals surface area (Å²) in [7, 11) is 0. The zero-order valence-electron chi connectivity index (χ0n) is 8.68. The van der Waals surface area contributed by atoms with Crippen LogP contribution in [0.5, 0.6) is 0 Å². The Morgan fingerprint density at radius 3 is 2.71 bits per heavy atom. The van der Waals surface area contributed by atoms with Crippen molar-refractivity contribution in [3.8, 4) is 0 Å². The smallest absolute Gasteiger partial charge is 0.0574 e. The van der Waals surface area contributed by atoms with Gasteiger partial charge in [-0.3, -0.25) is 0 Å². The summed E-state index contributed by atoms with van der Waals surface area (Å²) < 4.78 is 0. The maximum Gasteiger partial charge on any atom is 0.0574 e. The van der Waals surface area contributed by atoms with E-state index in [-0.39, 0.29) is 0 Å². The second kappa shape index (κ2) is 5.11. The van der Waals surface area contributed by atoms with Gasteiger partial charge in [0.1, 0.15) is 0 Å². The number of hydrogen-bond acceptors (Lipinski definition) is 2. The van der Waals surface area contributed by atoms with E-state index in [0.29, 0.717) is 16.6 Å². The number of anilines is 2. The molecule has 3 N–H and O–H groups in total. The highest BCUT2D eigenvalue weighted by Gasteiger charge is 1.99. The standard InChI is InChI=1S/C11H17ClN2/c1-8(2)5-6-14-11-4-3-9(12)7-10(11)13/h3-4,7-8,14H,5-6,13H2,1-2H3. The fraction of sp³-hybridized carbons (Fsp3) is 0.455. The Bertz CT molecular complexity index is 297. The lowest BCUT2D eigenvalue weighted by molar-refractivity contribution is 0.607. The first-order valence-corrected chi connectivity index (χ1v) is 5.26. The van der Waals surface area contributed by atoms with Gasteiger partial charge >= 0.3 is 0 Å². The van der Waals surface area contributed by atoms with Crippen molar-refractivity contribution in [1.29, 1.82) is 0 Å². The van der Waals surface area contributed by atoms with Crippen LogP contribution in [0.4, 0.5) is 11.4 Å². The van der Waals surface area contributed by atoms with E-state index >= 15 is 0 Å². The lowest BCUT2D eigenvalue weighted by atomic mass is 10.1. The fourth-order valence-electron chi connectivity index (χ4n) is 1.19.